The first kappa shape index (κ1) is 23.8. The number of carbonyl (C=O) groups is 4. The number of amides is 3. The van der Waals surface area contributed by atoms with Gasteiger partial charge in [-0.25, -0.2) is 4.79 Å². The molecular weight excluding hydrogens is 340 g/mol. The molecule has 150 valence electrons. The summed E-state index contributed by atoms with van der Waals surface area (Å²) in [6, 6.07) is -3.61. The third-order valence-corrected chi connectivity index (χ3v) is 4.29. The van der Waals surface area contributed by atoms with Crippen LogP contribution >= 0.6 is 0 Å². The summed E-state index contributed by atoms with van der Waals surface area (Å²) in [7, 11) is 0. The second-order valence-electron chi connectivity index (χ2n) is 6.94. The molecule has 6 N–H and O–H groups in total. The minimum Gasteiger partial charge on any atom is -0.480 e. The first-order valence-electron chi connectivity index (χ1n) is 8.81. The van der Waals surface area contributed by atoms with Gasteiger partial charge in [0.05, 0.1) is 6.04 Å². The van der Waals surface area contributed by atoms with Gasteiger partial charge in [-0.1, -0.05) is 34.1 Å². The summed E-state index contributed by atoms with van der Waals surface area (Å²) in [6.07, 6.45) is 0.729. The van der Waals surface area contributed by atoms with Crippen molar-refractivity contribution in [2.75, 3.05) is 0 Å². The van der Waals surface area contributed by atoms with Crippen LogP contribution in [0.25, 0.3) is 0 Å². The minimum absolute atomic E-state index is 0.0288. The number of rotatable bonds is 10. The monoisotopic (exact) mass is 372 g/mol. The van der Waals surface area contributed by atoms with Crippen molar-refractivity contribution in [1.82, 2.24) is 16.0 Å². The zero-order chi connectivity index (χ0) is 20.6. The maximum absolute atomic E-state index is 12.1. The Balaban J connectivity index is 4.67. The second-order valence-corrected chi connectivity index (χ2v) is 6.94. The van der Waals surface area contributed by atoms with Crippen molar-refractivity contribution < 1.29 is 24.3 Å². The first-order chi connectivity index (χ1) is 11.9. The molecule has 0 radical (unpaired) electrons. The van der Waals surface area contributed by atoms with Crippen molar-refractivity contribution in [3.05, 3.63) is 0 Å². The summed E-state index contributed by atoms with van der Waals surface area (Å²) in [5.41, 5.74) is 5.82. The Labute approximate surface area is 154 Å². The van der Waals surface area contributed by atoms with Gasteiger partial charge in [-0.2, -0.15) is 0 Å². The molecule has 0 saturated heterocycles. The number of carboxylic acid groups (broad SMARTS) is 1. The Hall–Kier alpha value is -2.16. The van der Waals surface area contributed by atoms with Gasteiger partial charge in [0.1, 0.15) is 18.1 Å². The molecule has 9 heteroatoms. The molecule has 26 heavy (non-hydrogen) atoms. The lowest BCUT2D eigenvalue weighted by Gasteiger charge is -2.23. The van der Waals surface area contributed by atoms with E-state index in [1.54, 1.807) is 13.8 Å². The maximum Gasteiger partial charge on any atom is 0.326 e. The Morgan fingerprint density at radius 3 is 1.65 bits per heavy atom. The van der Waals surface area contributed by atoms with Crippen LogP contribution in [0.4, 0.5) is 0 Å². The van der Waals surface area contributed by atoms with Crippen LogP contribution < -0.4 is 21.7 Å². The number of aliphatic carboxylic acids is 1. The lowest BCUT2D eigenvalue weighted by atomic mass is 9.99. The summed E-state index contributed by atoms with van der Waals surface area (Å²) < 4.78 is 0. The third-order valence-electron chi connectivity index (χ3n) is 4.29. The fourth-order valence-corrected chi connectivity index (χ4v) is 2.08. The van der Waals surface area contributed by atoms with Crippen LogP contribution in [0.1, 0.15) is 48.0 Å². The van der Waals surface area contributed by atoms with E-state index >= 15 is 0 Å². The Morgan fingerprint density at radius 1 is 0.846 bits per heavy atom. The Kier molecular flexibility index (Phi) is 9.85. The molecule has 0 aromatic carbocycles. The van der Waals surface area contributed by atoms with E-state index in [0.29, 0.717) is 0 Å². The molecule has 0 rings (SSSR count). The molecule has 0 heterocycles. The Bertz CT molecular complexity index is 523. The molecule has 3 amide bonds. The van der Waals surface area contributed by atoms with Crippen molar-refractivity contribution >= 4 is 23.7 Å². The molecule has 0 aliphatic rings. The van der Waals surface area contributed by atoms with Crippen LogP contribution in [-0.2, 0) is 19.2 Å². The van der Waals surface area contributed by atoms with Crippen LogP contribution in [0.5, 0.6) is 0 Å². The molecule has 0 bridgehead atoms. The number of nitrogens with one attached hydrogen (secondary N) is 3. The highest BCUT2D eigenvalue weighted by molar-refractivity contribution is 5.93. The first-order valence-corrected chi connectivity index (χ1v) is 8.81. The van der Waals surface area contributed by atoms with Crippen molar-refractivity contribution in [2.45, 2.75) is 72.1 Å². The van der Waals surface area contributed by atoms with Gasteiger partial charge in [0, 0.05) is 0 Å². The summed E-state index contributed by atoms with van der Waals surface area (Å²) >= 11 is 0. The highest BCUT2D eigenvalue weighted by Crippen LogP contribution is 2.05. The van der Waals surface area contributed by atoms with Gasteiger partial charge in [-0.15, -0.1) is 0 Å². The van der Waals surface area contributed by atoms with Crippen molar-refractivity contribution in [1.29, 1.82) is 0 Å². The highest BCUT2D eigenvalue weighted by Gasteiger charge is 2.28. The largest absolute Gasteiger partial charge is 0.480 e. The van der Waals surface area contributed by atoms with Crippen LogP contribution in [-0.4, -0.2) is 53.0 Å². The molecule has 0 saturated carbocycles. The van der Waals surface area contributed by atoms with Gasteiger partial charge in [0.2, 0.25) is 17.7 Å². The van der Waals surface area contributed by atoms with Gasteiger partial charge >= 0.3 is 5.97 Å². The number of hydrogen-bond donors (Lipinski definition) is 5. The standard InChI is InChI=1S/C17H32N4O5/c1-7-9(4)12(18)16(24)20-10(5)14(22)19-11(6)15(23)21-13(8(2)3)17(25)26/h8-13H,7,18H2,1-6H3,(H,19,22)(H,20,24)(H,21,23)(H,25,26). The highest BCUT2D eigenvalue weighted by atomic mass is 16.4. The lowest BCUT2D eigenvalue weighted by molar-refractivity contribution is -0.143. The summed E-state index contributed by atoms with van der Waals surface area (Å²) in [4.78, 5) is 47.4. The smallest absolute Gasteiger partial charge is 0.326 e. The van der Waals surface area contributed by atoms with Gasteiger partial charge in [-0.3, -0.25) is 14.4 Å². The number of nitrogens with two attached hydrogens (primary N) is 1. The molecule has 0 aliphatic carbocycles. The maximum atomic E-state index is 12.1. The van der Waals surface area contributed by atoms with Crippen LogP contribution in [0.2, 0.25) is 0 Å². The predicted molar refractivity (Wildman–Crippen MR) is 97.0 cm³/mol. The van der Waals surface area contributed by atoms with Gasteiger partial charge in [0.25, 0.3) is 0 Å². The van der Waals surface area contributed by atoms with Crippen molar-refractivity contribution in [3.8, 4) is 0 Å². The Morgan fingerprint density at radius 2 is 1.27 bits per heavy atom. The van der Waals surface area contributed by atoms with Crippen LogP contribution in [0.15, 0.2) is 0 Å². The van der Waals surface area contributed by atoms with E-state index in [1.807, 2.05) is 13.8 Å². The SMILES string of the molecule is CCC(C)C(N)C(=O)NC(C)C(=O)NC(C)C(=O)NC(C(=O)O)C(C)C. The topological polar surface area (TPSA) is 151 Å². The normalized spacial score (nSPS) is 16.8. The predicted octanol–water partition coefficient (Wildman–Crippen LogP) is -0.405. The van der Waals surface area contributed by atoms with Gasteiger partial charge < -0.3 is 26.8 Å². The van der Waals surface area contributed by atoms with Crippen LogP contribution in [0, 0.1) is 11.8 Å². The summed E-state index contributed by atoms with van der Waals surface area (Å²) in [6.45, 7) is 10.0. The van der Waals surface area contributed by atoms with Gasteiger partial charge in [-0.05, 0) is 25.7 Å². The number of carboxylic acids is 1. The lowest BCUT2D eigenvalue weighted by Crippen LogP contribution is -2.56. The molecule has 0 aliphatic heterocycles. The molecule has 5 unspecified atom stereocenters. The number of hydrogen-bond acceptors (Lipinski definition) is 5. The molecule has 5 atom stereocenters. The second kappa shape index (κ2) is 10.7. The fourth-order valence-electron chi connectivity index (χ4n) is 2.08. The number of carbonyl (C=O) groups excluding carboxylic acids is 3. The van der Waals surface area contributed by atoms with Crippen molar-refractivity contribution in [2.24, 2.45) is 17.6 Å². The average molecular weight is 372 g/mol. The minimum atomic E-state index is -1.15. The summed E-state index contributed by atoms with van der Waals surface area (Å²) in [5.74, 6) is -3.10. The van der Waals surface area contributed by atoms with E-state index in [4.69, 9.17) is 10.8 Å². The fraction of sp³-hybridized carbons (Fsp3) is 0.765. The molecular formula is C17H32N4O5. The van der Waals surface area contributed by atoms with Gasteiger partial charge in [0.15, 0.2) is 0 Å². The van der Waals surface area contributed by atoms with E-state index in [2.05, 4.69) is 16.0 Å². The third kappa shape index (κ3) is 7.38. The quantitative estimate of drug-likeness (QED) is 0.352. The van der Waals surface area contributed by atoms with E-state index in [1.165, 1.54) is 13.8 Å². The molecule has 9 nitrogen and oxygen atoms in total. The summed E-state index contributed by atoms with van der Waals surface area (Å²) in [5, 5.41) is 16.4. The molecule has 0 fully saturated rings. The average Bonchev–Trinajstić information content (AvgIpc) is 2.56. The molecule has 0 aromatic rings. The molecule has 0 spiro atoms. The zero-order valence-electron chi connectivity index (χ0n) is 16.3. The van der Waals surface area contributed by atoms with E-state index in [-0.39, 0.29) is 11.8 Å². The van der Waals surface area contributed by atoms with E-state index < -0.39 is 47.9 Å². The zero-order valence-corrected chi connectivity index (χ0v) is 16.3. The van der Waals surface area contributed by atoms with Crippen molar-refractivity contribution in [3.63, 3.8) is 0 Å². The van der Waals surface area contributed by atoms with Crippen LogP contribution in [0.3, 0.4) is 0 Å². The van der Waals surface area contributed by atoms with E-state index in [0.717, 1.165) is 6.42 Å². The molecule has 0 aromatic heterocycles. The van der Waals surface area contributed by atoms with E-state index in [9.17, 15) is 19.2 Å².